The molecule has 4 rings (SSSR count). The minimum Gasteiger partial charge on any atom is -0.477 e. The number of likely N-dealkylation sites (N-methyl/N-ethyl adjacent to an activating group) is 1. The number of aliphatic carboxylic acids is 1. The number of nitrogens with zero attached hydrogens (tertiary/aromatic N) is 2. The van der Waals surface area contributed by atoms with E-state index < -0.39 is 17.9 Å². The van der Waals surface area contributed by atoms with Crippen molar-refractivity contribution >= 4 is 35.5 Å². The van der Waals surface area contributed by atoms with E-state index in [0.717, 1.165) is 6.42 Å². The molecule has 0 bridgehead atoms. The Labute approximate surface area is 203 Å². The van der Waals surface area contributed by atoms with E-state index in [2.05, 4.69) is 16.0 Å². The number of rotatable bonds is 8. The Kier molecular flexibility index (Phi) is 7.22. The van der Waals surface area contributed by atoms with Crippen molar-refractivity contribution < 1.29 is 24.3 Å². The predicted octanol–water partition coefficient (Wildman–Crippen LogP) is -1.49. The van der Waals surface area contributed by atoms with E-state index in [1.165, 1.54) is 16.7 Å². The average Bonchev–Trinajstić information content (AvgIpc) is 3.46. The van der Waals surface area contributed by atoms with Crippen molar-refractivity contribution in [3.63, 3.8) is 0 Å². The van der Waals surface area contributed by atoms with Gasteiger partial charge >= 0.3 is 5.97 Å². The average molecular weight is 495 g/mol. The number of carbonyl (C=O) groups excluding carboxylic acids is 3. The van der Waals surface area contributed by atoms with Crippen LogP contribution in [-0.4, -0.2) is 101 Å². The molecule has 0 spiro atoms. The molecule has 188 valence electrons. The first-order valence-electron chi connectivity index (χ1n) is 11.8. The maximum Gasteiger partial charge on any atom is 0.353 e. The van der Waals surface area contributed by atoms with Crippen LogP contribution in [0, 0.1) is 11.8 Å². The van der Waals surface area contributed by atoms with Gasteiger partial charge in [-0.2, -0.15) is 0 Å². The highest BCUT2D eigenvalue weighted by atomic mass is 32.2. The van der Waals surface area contributed by atoms with E-state index in [1.807, 2.05) is 6.92 Å². The second kappa shape index (κ2) is 9.84. The number of carboxylic acid groups (broad SMARTS) is 1. The van der Waals surface area contributed by atoms with E-state index in [1.54, 1.807) is 18.9 Å². The molecule has 7 atom stereocenters. The molecule has 3 fully saturated rings. The van der Waals surface area contributed by atoms with Crippen molar-refractivity contribution in [3.05, 3.63) is 10.6 Å². The number of carbonyl (C=O) groups is 4. The number of hydrogen-bond donors (Lipinski definition) is 5. The molecule has 6 N–H and O–H groups in total. The number of fused-ring (bicyclic) bond motifs is 1. The van der Waals surface area contributed by atoms with Gasteiger partial charge in [-0.15, -0.1) is 11.8 Å². The molecule has 0 aromatic rings. The minimum absolute atomic E-state index is 0.0250. The highest BCUT2D eigenvalue weighted by Crippen LogP contribution is 2.51. The molecule has 1 unspecified atom stereocenters. The molecule has 3 amide bonds. The number of nitrogens with two attached hydrogens (primary N) is 1. The lowest BCUT2D eigenvalue weighted by Crippen LogP contribution is -2.66. The normalized spacial score (nSPS) is 33.7. The molecule has 0 aromatic carbocycles. The first kappa shape index (κ1) is 25.0. The first-order chi connectivity index (χ1) is 16.1. The Hall–Kier alpha value is -2.15. The van der Waals surface area contributed by atoms with Crippen molar-refractivity contribution in [2.24, 2.45) is 17.6 Å². The topological polar surface area (TPSA) is 157 Å². The molecule has 34 heavy (non-hydrogen) atoms. The minimum atomic E-state index is -1.12. The van der Waals surface area contributed by atoms with Crippen LogP contribution >= 0.6 is 11.8 Å². The van der Waals surface area contributed by atoms with Crippen LogP contribution in [0.15, 0.2) is 10.6 Å². The summed E-state index contributed by atoms with van der Waals surface area (Å²) in [5.41, 5.74) is 5.97. The lowest BCUT2D eigenvalue weighted by atomic mass is 9.78. The summed E-state index contributed by atoms with van der Waals surface area (Å²) < 4.78 is 0. The molecule has 12 heteroatoms. The van der Waals surface area contributed by atoms with E-state index in [4.69, 9.17) is 5.73 Å². The summed E-state index contributed by atoms with van der Waals surface area (Å²) in [6.45, 7) is 5.70. The zero-order valence-corrected chi connectivity index (χ0v) is 20.6. The molecule has 4 aliphatic heterocycles. The molecule has 0 radical (unpaired) electrons. The Balaban J connectivity index is 1.43. The van der Waals surface area contributed by atoms with Crippen molar-refractivity contribution in [2.75, 3.05) is 33.2 Å². The maximum atomic E-state index is 13.0. The van der Waals surface area contributed by atoms with Crippen molar-refractivity contribution in [3.8, 4) is 0 Å². The molecular formula is C22H34N6O5S. The standard InChI is InChI=1S/C22H34N6O5S/c1-10-17-16(11(2)26-15(29)8-24-3)21(31)28(17)18(22(32)33)19(10)34-13-6-14(25-7-13)20(30)27-5-4-12(23)9-27/h10-14,16-17,24-25H,4-9,23H2,1-3H3,(H,26,29)(H,32,33)/t10-,11+,12?,13-,14+,16-,17-/m1/s1. The highest BCUT2D eigenvalue weighted by Gasteiger charge is 2.60. The largest absolute Gasteiger partial charge is 0.477 e. The Morgan fingerprint density at radius 2 is 2.09 bits per heavy atom. The van der Waals surface area contributed by atoms with E-state index in [-0.39, 0.29) is 59.3 Å². The quantitative estimate of drug-likeness (QED) is 0.254. The SMILES string of the molecule is CNCC(=O)N[C@@H](C)[C@H]1C(=O)N2C(C(=O)O)=C(S[C@H]3CN[C@H](C(=O)N4CCC(N)C4)C3)[C@H](C)[C@H]12. The van der Waals surface area contributed by atoms with Crippen LogP contribution < -0.4 is 21.7 Å². The van der Waals surface area contributed by atoms with Crippen LogP contribution in [0.25, 0.3) is 0 Å². The molecular weight excluding hydrogens is 460 g/mol. The number of thioether (sulfide) groups is 1. The molecule has 4 aliphatic rings. The Bertz CT molecular complexity index is 912. The second-order valence-corrected chi connectivity index (χ2v) is 11.0. The van der Waals surface area contributed by atoms with Crippen LogP contribution in [0.5, 0.6) is 0 Å². The summed E-state index contributed by atoms with van der Waals surface area (Å²) >= 11 is 1.46. The Morgan fingerprint density at radius 1 is 1.35 bits per heavy atom. The van der Waals surface area contributed by atoms with Crippen LogP contribution in [-0.2, 0) is 19.2 Å². The van der Waals surface area contributed by atoms with Crippen LogP contribution in [0.4, 0.5) is 0 Å². The van der Waals surface area contributed by atoms with Gasteiger partial charge in [-0.05, 0) is 26.8 Å². The fraction of sp³-hybridized carbons (Fsp3) is 0.727. The summed E-state index contributed by atoms with van der Waals surface area (Å²) in [7, 11) is 1.67. The third-order valence-corrected chi connectivity index (χ3v) is 8.79. The smallest absolute Gasteiger partial charge is 0.353 e. The number of amides is 3. The number of hydrogen-bond acceptors (Lipinski definition) is 8. The van der Waals surface area contributed by atoms with Gasteiger partial charge in [-0.25, -0.2) is 4.79 Å². The molecule has 11 nitrogen and oxygen atoms in total. The van der Waals surface area contributed by atoms with E-state index >= 15 is 0 Å². The van der Waals surface area contributed by atoms with Crippen LogP contribution in [0.3, 0.4) is 0 Å². The van der Waals surface area contributed by atoms with E-state index in [9.17, 15) is 24.3 Å². The lowest BCUT2D eigenvalue weighted by Gasteiger charge is -2.47. The van der Waals surface area contributed by atoms with Crippen LogP contribution in [0.2, 0.25) is 0 Å². The Morgan fingerprint density at radius 3 is 2.71 bits per heavy atom. The second-order valence-electron chi connectivity index (χ2n) is 9.69. The fourth-order valence-corrected chi connectivity index (χ4v) is 7.10. The van der Waals surface area contributed by atoms with Crippen molar-refractivity contribution in [2.45, 2.75) is 56.1 Å². The first-order valence-corrected chi connectivity index (χ1v) is 12.7. The summed E-state index contributed by atoms with van der Waals surface area (Å²) in [5.74, 6) is -2.20. The predicted molar refractivity (Wildman–Crippen MR) is 126 cm³/mol. The number of likely N-dealkylation sites (tertiary alicyclic amines) is 1. The zero-order chi connectivity index (χ0) is 24.7. The van der Waals surface area contributed by atoms with Gasteiger partial charge in [-0.1, -0.05) is 6.92 Å². The van der Waals surface area contributed by atoms with Crippen LogP contribution in [0.1, 0.15) is 26.7 Å². The monoisotopic (exact) mass is 494 g/mol. The highest BCUT2D eigenvalue weighted by molar-refractivity contribution is 8.03. The lowest BCUT2D eigenvalue weighted by molar-refractivity contribution is -0.158. The number of carboxylic acids is 1. The summed E-state index contributed by atoms with van der Waals surface area (Å²) in [6.07, 6.45) is 1.40. The van der Waals surface area contributed by atoms with Gasteiger partial charge in [0.1, 0.15) is 5.70 Å². The molecule has 0 saturated carbocycles. The van der Waals surface area contributed by atoms with Gasteiger partial charge in [-0.3, -0.25) is 14.4 Å². The molecule has 0 aliphatic carbocycles. The van der Waals surface area contributed by atoms with Gasteiger partial charge in [0, 0.05) is 47.8 Å². The summed E-state index contributed by atoms with van der Waals surface area (Å²) in [4.78, 5) is 53.8. The third kappa shape index (κ3) is 4.43. The summed E-state index contributed by atoms with van der Waals surface area (Å²) in [5, 5.41) is 18.9. The maximum absolute atomic E-state index is 13.0. The number of β-lactam (4-membered cyclic amide) rings is 1. The zero-order valence-electron chi connectivity index (χ0n) is 19.7. The number of nitrogens with one attached hydrogen (secondary N) is 3. The van der Waals surface area contributed by atoms with Gasteiger partial charge in [0.25, 0.3) is 0 Å². The van der Waals surface area contributed by atoms with Gasteiger partial charge in [0.15, 0.2) is 0 Å². The fourth-order valence-electron chi connectivity index (χ4n) is 5.62. The van der Waals surface area contributed by atoms with Gasteiger partial charge in [0.2, 0.25) is 17.7 Å². The third-order valence-electron chi connectivity index (χ3n) is 7.27. The van der Waals surface area contributed by atoms with Crippen molar-refractivity contribution in [1.82, 2.24) is 25.8 Å². The van der Waals surface area contributed by atoms with Gasteiger partial charge in [0.05, 0.1) is 24.5 Å². The summed E-state index contributed by atoms with van der Waals surface area (Å²) in [6, 6.07) is -0.983. The molecule has 4 heterocycles. The van der Waals surface area contributed by atoms with Gasteiger partial charge < -0.3 is 36.6 Å². The van der Waals surface area contributed by atoms with E-state index in [0.29, 0.717) is 31.0 Å². The molecule has 0 aromatic heterocycles. The molecule has 3 saturated heterocycles. The van der Waals surface area contributed by atoms with Crippen molar-refractivity contribution in [1.29, 1.82) is 0 Å².